The molecular formula is C12H19N3OS. The number of nitrogens with one attached hydrogen (secondary N) is 1. The van der Waals surface area contributed by atoms with Crippen LogP contribution in [0.15, 0.2) is 17.4 Å². The van der Waals surface area contributed by atoms with Gasteiger partial charge in [-0.25, -0.2) is 9.97 Å². The molecule has 0 aromatic carbocycles. The molecule has 1 aliphatic carbocycles. The third-order valence-electron chi connectivity index (χ3n) is 3.23. The highest BCUT2D eigenvalue weighted by Crippen LogP contribution is 2.28. The molecule has 1 saturated carbocycles. The van der Waals surface area contributed by atoms with Gasteiger partial charge in [0.25, 0.3) is 0 Å². The Bertz CT molecular complexity index is 367. The van der Waals surface area contributed by atoms with Crippen molar-refractivity contribution in [1.82, 2.24) is 9.97 Å². The summed E-state index contributed by atoms with van der Waals surface area (Å²) < 4.78 is 0. The molecule has 5 heteroatoms. The fourth-order valence-electron chi connectivity index (χ4n) is 2.19. The molecule has 0 spiro atoms. The molecule has 1 fully saturated rings. The summed E-state index contributed by atoms with van der Waals surface area (Å²) in [7, 11) is 0. The Morgan fingerprint density at radius 2 is 2.12 bits per heavy atom. The Morgan fingerprint density at radius 3 is 2.82 bits per heavy atom. The van der Waals surface area contributed by atoms with Crippen molar-refractivity contribution >= 4 is 17.6 Å². The Balaban J connectivity index is 1.92. The highest BCUT2D eigenvalue weighted by Gasteiger charge is 2.28. The molecule has 1 aliphatic rings. The van der Waals surface area contributed by atoms with Gasteiger partial charge in [-0.2, -0.15) is 0 Å². The molecule has 2 rings (SSSR count). The summed E-state index contributed by atoms with van der Waals surface area (Å²) in [6.07, 6.45) is 8.81. The van der Waals surface area contributed by atoms with E-state index < -0.39 is 5.60 Å². The van der Waals surface area contributed by atoms with E-state index in [4.69, 9.17) is 0 Å². The molecule has 94 valence electrons. The quantitative estimate of drug-likeness (QED) is 0.637. The summed E-state index contributed by atoms with van der Waals surface area (Å²) in [5, 5.41) is 14.5. The molecular weight excluding hydrogens is 234 g/mol. The van der Waals surface area contributed by atoms with Gasteiger partial charge >= 0.3 is 0 Å². The zero-order valence-corrected chi connectivity index (χ0v) is 11.0. The van der Waals surface area contributed by atoms with Crippen LogP contribution in [0.5, 0.6) is 0 Å². The lowest BCUT2D eigenvalue weighted by Gasteiger charge is -2.32. The molecule has 0 aliphatic heterocycles. The molecule has 2 N–H and O–H groups in total. The van der Waals surface area contributed by atoms with Crippen LogP contribution in [0.3, 0.4) is 0 Å². The summed E-state index contributed by atoms with van der Waals surface area (Å²) in [5.74, 6) is 0.795. The molecule has 0 atom stereocenters. The number of aliphatic hydroxyl groups is 1. The van der Waals surface area contributed by atoms with Crippen LogP contribution in [0.4, 0.5) is 5.82 Å². The Morgan fingerprint density at radius 1 is 1.35 bits per heavy atom. The maximum absolute atomic E-state index is 10.3. The van der Waals surface area contributed by atoms with Gasteiger partial charge in [-0.1, -0.05) is 19.3 Å². The Kier molecular flexibility index (Phi) is 4.23. The first-order valence-electron chi connectivity index (χ1n) is 6.04. The largest absolute Gasteiger partial charge is 0.388 e. The number of nitrogens with zero attached hydrogens (tertiary/aromatic N) is 2. The van der Waals surface area contributed by atoms with E-state index in [2.05, 4.69) is 15.3 Å². The van der Waals surface area contributed by atoms with Crippen LogP contribution in [-0.2, 0) is 0 Å². The van der Waals surface area contributed by atoms with E-state index in [1.807, 2.05) is 12.3 Å². The van der Waals surface area contributed by atoms with Gasteiger partial charge in [0.2, 0.25) is 0 Å². The summed E-state index contributed by atoms with van der Waals surface area (Å²) in [5.41, 5.74) is -0.553. The van der Waals surface area contributed by atoms with E-state index in [9.17, 15) is 5.11 Å². The van der Waals surface area contributed by atoms with E-state index in [1.165, 1.54) is 6.42 Å². The van der Waals surface area contributed by atoms with Crippen molar-refractivity contribution in [3.8, 4) is 0 Å². The first-order chi connectivity index (χ1) is 8.22. The first kappa shape index (κ1) is 12.6. The van der Waals surface area contributed by atoms with Gasteiger partial charge in [0.1, 0.15) is 17.2 Å². The number of hydrogen-bond donors (Lipinski definition) is 2. The van der Waals surface area contributed by atoms with Gasteiger partial charge in [-0.05, 0) is 19.1 Å². The molecule has 1 aromatic rings. The number of anilines is 1. The van der Waals surface area contributed by atoms with E-state index in [1.54, 1.807) is 18.1 Å². The minimum atomic E-state index is -0.553. The van der Waals surface area contributed by atoms with Crippen molar-refractivity contribution in [2.45, 2.75) is 42.7 Å². The number of thioether (sulfide) groups is 1. The highest BCUT2D eigenvalue weighted by molar-refractivity contribution is 7.98. The van der Waals surface area contributed by atoms with E-state index >= 15 is 0 Å². The van der Waals surface area contributed by atoms with Crippen LogP contribution in [0.1, 0.15) is 32.1 Å². The standard InChI is InChI=1S/C12H19N3OS/c1-17-11-7-10(14-9-15-11)13-8-12(16)5-3-2-4-6-12/h7,9,16H,2-6,8H2,1H3,(H,13,14,15). The zero-order chi connectivity index (χ0) is 12.1. The Hall–Kier alpha value is -0.810. The van der Waals surface area contributed by atoms with Crippen LogP contribution in [0.25, 0.3) is 0 Å². The lowest BCUT2D eigenvalue weighted by Crippen LogP contribution is -2.38. The second kappa shape index (κ2) is 5.69. The SMILES string of the molecule is CSc1cc(NCC2(O)CCCCC2)ncn1. The molecule has 0 radical (unpaired) electrons. The van der Waals surface area contributed by atoms with Crippen molar-refractivity contribution in [2.75, 3.05) is 18.1 Å². The summed E-state index contributed by atoms with van der Waals surface area (Å²) >= 11 is 1.59. The fourth-order valence-corrected chi connectivity index (χ4v) is 2.57. The highest BCUT2D eigenvalue weighted by atomic mass is 32.2. The predicted octanol–water partition coefficient (Wildman–Crippen LogP) is 2.31. The topological polar surface area (TPSA) is 58.0 Å². The minimum Gasteiger partial charge on any atom is -0.388 e. The molecule has 0 saturated heterocycles. The maximum Gasteiger partial charge on any atom is 0.130 e. The summed E-state index contributed by atoms with van der Waals surface area (Å²) in [6, 6.07) is 1.91. The van der Waals surface area contributed by atoms with E-state index in [0.29, 0.717) is 6.54 Å². The molecule has 1 heterocycles. The average Bonchev–Trinajstić information content (AvgIpc) is 2.38. The zero-order valence-electron chi connectivity index (χ0n) is 10.1. The fraction of sp³-hybridized carbons (Fsp3) is 0.667. The van der Waals surface area contributed by atoms with Crippen LogP contribution in [0.2, 0.25) is 0 Å². The van der Waals surface area contributed by atoms with E-state index in [0.717, 1.165) is 36.5 Å². The van der Waals surface area contributed by atoms with Crippen molar-refractivity contribution in [2.24, 2.45) is 0 Å². The van der Waals surface area contributed by atoms with Crippen LogP contribution < -0.4 is 5.32 Å². The predicted molar refractivity (Wildman–Crippen MR) is 70.3 cm³/mol. The first-order valence-corrected chi connectivity index (χ1v) is 7.27. The van der Waals surface area contributed by atoms with Crippen LogP contribution >= 0.6 is 11.8 Å². The normalized spacial score (nSPS) is 18.9. The molecule has 0 unspecified atom stereocenters. The third-order valence-corrected chi connectivity index (χ3v) is 3.88. The number of hydrogen-bond acceptors (Lipinski definition) is 5. The lowest BCUT2D eigenvalue weighted by atomic mass is 9.85. The summed E-state index contributed by atoms with van der Waals surface area (Å²) in [6.45, 7) is 0.581. The van der Waals surface area contributed by atoms with Crippen LogP contribution in [-0.4, -0.2) is 33.5 Å². The molecule has 0 amide bonds. The summed E-state index contributed by atoms with van der Waals surface area (Å²) in [4.78, 5) is 8.28. The Labute approximate surface area is 106 Å². The van der Waals surface area contributed by atoms with Crippen molar-refractivity contribution in [3.63, 3.8) is 0 Å². The second-order valence-electron chi connectivity index (χ2n) is 4.58. The van der Waals surface area contributed by atoms with Crippen LogP contribution in [0, 0.1) is 0 Å². The average molecular weight is 253 g/mol. The maximum atomic E-state index is 10.3. The van der Waals surface area contributed by atoms with Crippen molar-refractivity contribution < 1.29 is 5.11 Å². The van der Waals surface area contributed by atoms with E-state index in [-0.39, 0.29) is 0 Å². The van der Waals surface area contributed by atoms with Crippen molar-refractivity contribution in [3.05, 3.63) is 12.4 Å². The molecule has 17 heavy (non-hydrogen) atoms. The monoisotopic (exact) mass is 253 g/mol. The van der Waals surface area contributed by atoms with Gasteiger partial charge < -0.3 is 10.4 Å². The third kappa shape index (κ3) is 3.57. The van der Waals surface area contributed by atoms with Gasteiger partial charge in [0.05, 0.1) is 5.60 Å². The molecule has 0 bridgehead atoms. The smallest absolute Gasteiger partial charge is 0.130 e. The number of rotatable bonds is 4. The van der Waals surface area contributed by atoms with Gasteiger partial charge in [-0.3, -0.25) is 0 Å². The van der Waals surface area contributed by atoms with Gasteiger partial charge in [-0.15, -0.1) is 11.8 Å². The molecule has 1 aromatic heterocycles. The number of aromatic nitrogens is 2. The van der Waals surface area contributed by atoms with Crippen molar-refractivity contribution in [1.29, 1.82) is 0 Å². The van der Waals surface area contributed by atoms with Gasteiger partial charge in [0, 0.05) is 12.6 Å². The van der Waals surface area contributed by atoms with Gasteiger partial charge in [0.15, 0.2) is 0 Å². The minimum absolute atomic E-state index is 0.553. The second-order valence-corrected chi connectivity index (χ2v) is 5.41. The lowest BCUT2D eigenvalue weighted by molar-refractivity contribution is 0.0166. The molecule has 4 nitrogen and oxygen atoms in total.